The number of aromatic nitrogens is 2. The van der Waals surface area contributed by atoms with Crippen LogP contribution in [-0.4, -0.2) is 27.7 Å². The highest BCUT2D eigenvalue weighted by Crippen LogP contribution is 2.20. The lowest BCUT2D eigenvalue weighted by atomic mass is 10.2. The molecule has 0 aliphatic carbocycles. The van der Waals surface area contributed by atoms with Crippen molar-refractivity contribution < 1.29 is 5.11 Å². The largest absolute Gasteiger partial charge is 0.394 e. The molecule has 0 fully saturated rings. The zero-order chi connectivity index (χ0) is 12.1. The van der Waals surface area contributed by atoms with E-state index in [0.717, 1.165) is 12.8 Å². The van der Waals surface area contributed by atoms with Crippen LogP contribution in [0.4, 0.5) is 11.5 Å². The Balaban J connectivity index is 2.53. The molecule has 90 valence electrons. The topological polar surface area (TPSA) is 84.1 Å². The van der Waals surface area contributed by atoms with Crippen molar-refractivity contribution in [3.63, 3.8) is 0 Å². The Morgan fingerprint density at radius 1 is 1.50 bits per heavy atom. The van der Waals surface area contributed by atoms with Crippen LogP contribution in [0, 0.1) is 6.92 Å². The normalized spacial score (nSPS) is 12.5. The Morgan fingerprint density at radius 2 is 2.19 bits per heavy atom. The first kappa shape index (κ1) is 13.0. The van der Waals surface area contributed by atoms with Gasteiger partial charge in [-0.3, -0.25) is 0 Å². The Labute approximate surface area is 100 Å². The minimum absolute atomic E-state index is 0.185. The average molecular weight is 245 g/mol. The fourth-order valence-electron chi connectivity index (χ4n) is 1.29. The van der Waals surface area contributed by atoms with Gasteiger partial charge in [-0.15, -0.1) is 0 Å². The van der Waals surface area contributed by atoms with E-state index in [0.29, 0.717) is 23.7 Å². The van der Waals surface area contributed by atoms with Crippen LogP contribution in [0.3, 0.4) is 0 Å². The van der Waals surface area contributed by atoms with Crippen molar-refractivity contribution in [3.8, 4) is 0 Å². The van der Waals surface area contributed by atoms with E-state index in [-0.39, 0.29) is 11.4 Å². The molecule has 1 aromatic rings. The second-order valence-electron chi connectivity index (χ2n) is 3.76. The minimum Gasteiger partial charge on any atom is -0.394 e. The van der Waals surface area contributed by atoms with E-state index in [2.05, 4.69) is 15.3 Å². The molecule has 0 radical (unpaired) electrons. The van der Waals surface area contributed by atoms with Crippen molar-refractivity contribution in [1.82, 2.24) is 9.97 Å². The van der Waals surface area contributed by atoms with Crippen LogP contribution >= 0.6 is 11.6 Å². The zero-order valence-corrected chi connectivity index (χ0v) is 10.3. The number of nitrogen functional groups attached to an aromatic ring is 1. The van der Waals surface area contributed by atoms with Crippen molar-refractivity contribution in [1.29, 1.82) is 0 Å². The van der Waals surface area contributed by atoms with Gasteiger partial charge in [-0.25, -0.2) is 4.98 Å². The molecule has 0 saturated heterocycles. The molecule has 0 aliphatic heterocycles. The summed E-state index contributed by atoms with van der Waals surface area (Å²) in [5.41, 5.74) is 6.98. The van der Waals surface area contributed by atoms with Gasteiger partial charge in [0.05, 0.1) is 17.5 Å². The first-order chi connectivity index (χ1) is 7.50. The maximum atomic E-state index is 9.09. The summed E-state index contributed by atoms with van der Waals surface area (Å²) in [5.74, 6) is 0.558. The summed E-state index contributed by atoms with van der Waals surface area (Å²) >= 11 is 5.73. The van der Waals surface area contributed by atoms with Crippen molar-refractivity contribution in [2.75, 3.05) is 17.6 Å². The highest BCUT2D eigenvalue weighted by atomic mass is 35.5. The van der Waals surface area contributed by atoms with Gasteiger partial charge < -0.3 is 16.2 Å². The maximum Gasteiger partial charge on any atom is 0.224 e. The van der Waals surface area contributed by atoms with E-state index in [4.69, 9.17) is 22.4 Å². The molecular formula is C10H17ClN4O. The Kier molecular flexibility index (Phi) is 4.76. The summed E-state index contributed by atoms with van der Waals surface area (Å²) in [6, 6.07) is 0. The first-order valence-corrected chi connectivity index (χ1v) is 5.60. The van der Waals surface area contributed by atoms with Gasteiger partial charge in [0.15, 0.2) is 5.82 Å². The van der Waals surface area contributed by atoms with Crippen molar-refractivity contribution >= 4 is 23.1 Å². The lowest BCUT2D eigenvalue weighted by Gasteiger charge is -2.10. The number of aliphatic hydroxyl groups is 1. The van der Waals surface area contributed by atoms with Gasteiger partial charge >= 0.3 is 0 Å². The summed E-state index contributed by atoms with van der Waals surface area (Å²) in [6.07, 6.45) is 1.30. The number of hydrogen-bond donors (Lipinski definition) is 3. The summed E-state index contributed by atoms with van der Waals surface area (Å²) < 4.78 is 0. The van der Waals surface area contributed by atoms with Crippen LogP contribution in [-0.2, 0) is 0 Å². The Bertz CT molecular complexity index is 357. The molecule has 1 aromatic heterocycles. The molecule has 0 aliphatic rings. The van der Waals surface area contributed by atoms with E-state index >= 15 is 0 Å². The second-order valence-corrected chi connectivity index (χ2v) is 4.10. The number of aryl methyl sites for hydroxylation is 1. The molecule has 6 heteroatoms. The predicted octanol–water partition coefficient (Wildman–Crippen LogP) is 1.59. The summed E-state index contributed by atoms with van der Waals surface area (Å²) in [6.45, 7) is 4.24. The first-order valence-electron chi connectivity index (χ1n) is 5.22. The third-order valence-corrected chi connectivity index (χ3v) is 2.37. The van der Waals surface area contributed by atoms with Gasteiger partial charge in [-0.1, -0.05) is 0 Å². The molecule has 1 unspecified atom stereocenters. The van der Waals surface area contributed by atoms with E-state index in [1.54, 1.807) is 13.8 Å². The number of hydrogen-bond acceptors (Lipinski definition) is 5. The molecule has 0 saturated carbocycles. The van der Waals surface area contributed by atoms with Crippen LogP contribution < -0.4 is 11.1 Å². The third kappa shape index (κ3) is 3.83. The molecule has 1 atom stereocenters. The lowest BCUT2D eigenvalue weighted by Crippen LogP contribution is -2.10. The van der Waals surface area contributed by atoms with Gasteiger partial charge in [0.1, 0.15) is 0 Å². The number of nitrogens with zero attached hydrogens (tertiary/aromatic N) is 2. The number of rotatable bonds is 5. The molecule has 16 heavy (non-hydrogen) atoms. The second kappa shape index (κ2) is 5.86. The molecule has 0 amide bonds. The van der Waals surface area contributed by atoms with Crippen molar-refractivity contribution in [3.05, 3.63) is 11.0 Å². The highest BCUT2D eigenvalue weighted by molar-refractivity contribution is 6.28. The molecule has 5 nitrogen and oxygen atoms in total. The summed E-state index contributed by atoms with van der Waals surface area (Å²) in [7, 11) is 0. The summed E-state index contributed by atoms with van der Waals surface area (Å²) in [5, 5.41) is 12.4. The van der Waals surface area contributed by atoms with Crippen LogP contribution in [0.1, 0.15) is 25.5 Å². The number of halogens is 1. The van der Waals surface area contributed by atoms with E-state index in [1.807, 2.05) is 0 Å². The molecule has 1 rings (SSSR count). The SMILES string of the molecule is Cc1nc(Cl)nc(NCCCC(C)O)c1N. The average Bonchev–Trinajstić information content (AvgIpc) is 2.19. The van der Waals surface area contributed by atoms with Crippen LogP contribution in [0.5, 0.6) is 0 Å². The number of nitrogens with one attached hydrogen (secondary N) is 1. The lowest BCUT2D eigenvalue weighted by molar-refractivity contribution is 0.183. The standard InChI is InChI=1S/C10H17ClN4O/c1-6(16)4-3-5-13-9-8(12)7(2)14-10(11)15-9/h6,16H,3-5,12H2,1-2H3,(H,13,14,15). The van der Waals surface area contributed by atoms with Crippen molar-refractivity contribution in [2.24, 2.45) is 0 Å². The predicted molar refractivity (Wildman–Crippen MR) is 65.6 cm³/mol. The fourth-order valence-corrected chi connectivity index (χ4v) is 1.50. The quantitative estimate of drug-likeness (QED) is 0.541. The third-order valence-electron chi connectivity index (χ3n) is 2.20. The summed E-state index contributed by atoms with van der Waals surface area (Å²) in [4.78, 5) is 7.95. The molecule has 0 aromatic carbocycles. The molecule has 0 spiro atoms. The fraction of sp³-hybridized carbons (Fsp3) is 0.600. The van der Waals surface area contributed by atoms with E-state index in [9.17, 15) is 0 Å². The number of aliphatic hydroxyl groups excluding tert-OH is 1. The maximum absolute atomic E-state index is 9.09. The van der Waals surface area contributed by atoms with Crippen molar-refractivity contribution in [2.45, 2.75) is 32.8 Å². The highest BCUT2D eigenvalue weighted by Gasteiger charge is 2.06. The minimum atomic E-state index is -0.283. The number of nitrogens with two attached hydrogens (primary N) is 1. The van der Waals surface area contributed by atoms with Gasteiger partial charge in [-0.05, 0) is 38.3 Å². The molecule has 4 N–H and O–H groups in total. The van der Waals surface area contributed by atoms with Gasteiger partial charge in [0.2, 0.25) is 5.28 Å². The number of anilines is 2. The van der Waals surface area contributed by atoms with Gasteiger partial charge in [-0.2, -0.15) is 4.98 Å². The molecular weight excluding hydrogens is 228 g/mol. The van der Waals surface area contributed by atoms with E-state index < -0.39 is 0 Å². The van der Waals surface area contributed by atoms with Gasteiger partial charge in [0.25, 0.3) is 0 Å². The monoisotopic (exact) mass is 244 g/mol. The van der Waals surface area contributed by atoms with Crippen LogP contribution in [0.2, 0.25) is 5.28 Å². The Hall–Kier alpha value is -1.07. The zero-order valence-electron chi connectivity index (χ0n) is 9.50. The Morgan fingerprint density at radius 3 is 2.81 bits per heavy atom. The van der Waals surface area contributed by atoms with Crippen LogP contribution in [0.15, 0.2) is 0 Å². The molecule has 1 heterocycles. The smallest absolute Gasteiger partial charge is 0.224 e. The van der Waals surface area contributed by atoms with Crippen LogP contribution in [0.25, 0.3) is 0 Å². The molecule has 0 bridgehead atoms. The van der Waals surface area contributed by atoms with Gasteiger partial charge in [0, 0.05) is 6.54 Å². The van der Waals surface area contributed by atoms with E-state index in [1.165, 1.54) is 0 Å².